The van der Waals surface area contributed by atoms with Crippen LogP contribution in [0.3, 0.4) is 0 Å². The minimum Gasteiger partial charge on any atom is -0.378 e. The average molecular weight is 454 g/mol. The summed E-state index contributed by atoms with van der Waals surface area (Å²) in [6.45, 7) is 6.86. The van der Waals surface area contributed by atoms with Gasteiger partial charge in [0.05, 0.1) is 5.71 Å². The first kappa shape index (κ1) is 26.7. The summed E-state index contributed by atoms with van der Waals surface area (Å²) in [5.41, 5.74) is 8.17. The van der Waals surface area contributed by atoms with E-state index < -0.39 is 0 Å². The first-order valence-electron chi connectivity index (χ1n) is 12.0. The molecule has 0 aliphatic heterocycles. The molecule has 3 rings (SSSR count). The van der Waals surface area contributed by atoms with Crippen molar-refractivity contribution in [2.24, 2.45) is 4.99 Å². The van der Waals surface area contributed by atoms with E-state index in [1.165, 1.54) is 28.1 Å². The lowest BCUT2D eigenvalue weighted by Gasteiger charge is -2.16. The van der Waals surface area contributed by atoms with Crippen molar-refractivity contribution in [3.8, 4) is 0 Å². The van der Waals surface area contributed by atoms with Gasteiger partial charge in [0.15, 0.2) is 0 Å². The van der Waals surface area contributed by atoms with E-state index in [1.54, 1.807) is 0 Å². The maximum Gasteiger partial charge on any atom is 0.0574 e. The molecule has 2 aromatic rings. The van der Waals surface area contributed by atoms with Gasteiger partial charge in [0.2, 0.25) is 0 Å². The number of benzene rings is 2. The van der Waals surface area contributed by atoms with E-state index in [4.69, 9.17) is 0 Å². The Morgan fingerprint density at radius 1 is 0.706 bits per heavy atom. The van der Waals surface area contributed by atoms with Crippen molar-refractivity contribution < 1.29 is 0 Å². The lowest BCUT2D eigenvalue weighted by molar-refractivity contribution is 1.13. The van der Waals surface area contributed by atoms with Gasteiger partial charge in [-0.05, 0) is 65.6 Å². The van der Waals surface area contributed by atoms with E-state index in [-0.39, 0.29) is 0 Å². The molecule has 34 heavy (non-hydrogen) atoms. The third-order valence-corrected chi connectivity index (χ3v) is 5.29. The van der Waals surface area contributed by atoms with E-state index in [0.717, 1.165) is 17.8 Å². The molecule has 0 aromatic heterocycles. The molecule has 3 heteroatoms. The molecule has 0 saturated carbocycles. The Morgan fingerprint density at radius 3 is 1.59 bits per heavy atom. The van der Waals surface area contributed by atoms with Gasteiger partial charge >= 0.3 is 0 Å². The molecule has 0 fully saturated rings. The Bertz CT molecular complexity index is 1000. The van der Waals surface area contributed by atoms with Crippen molar-refractivity contribution in [1.29, 1.82) is 0 Å². The highest BCUT2D eigenvalue weighted by Crippen LogP contribution is 2.27. The average Bonchev–Trinajstić information content (AvgIpc) is 2.86. The largest absolute Gasteiger partial charge is 0.378 e. The second-order valence-corrected chi connectivity index (χ2v) is 8.08. The van der Waals surface area contributed by atoms with E-state index in [1.807, 2.05) is 13.8 Å². The normalized spacial score (nSPS) is 12.2. The molecule has 0 heterocycles. The molecule has 178 valence electrons. The number of allylic oxidation sites excluding steroid dienone is 9. The molecule has 0 unspecified atom stereocenters. The summed E-state index contributed by atoms with van der Waals surface area (Å²) < 4.78 is 0. The molecule has 1 aliphatic rings. The maximum absolute atomic E-state index is 4.42. The maximum atomic E-state index is 4.42. The topological polar surface area (TPSA) is 18.8 Å². The fraction of sp³-hybridized carbons (Fsp3) is 0.258. The molecule has 0 atom stereocenters. The molecular formula is C31H39N3. The van der Waals surface area contributed by atoms with Crippen molar-refractivity contribution in [2.45, 2.75) is 20.8 Å². The highest BCUT2D eigenvalue weighted by molar-refractivity contribution is 6.05. The molecule has 0 N–H and O–H groups in total. The van der Waals surface area contributed by atoms with Gasteiger partial charge in [-0.1, -0.05) is 74.6 Å². The van der Waals surface area contributed by atoms with Crippen LogP contribution >= 0.6 is 0 Å². The fourth-order valence-electron chi connectivity index (χ4n) is 3.43. The van der Waals surface area contributed by atoms with Gasteiger partial charge in [-0.2, -0.15) is 0 Å². The second-order valence-electron chi connectivity index (χ2n) is 8.08. The van der Waals surface area contributed by atoms with E-state index >= 15 is 0 Å². The quantitative estimate of drug-likeness (QED) is 0.408. The SMILES string of the molecule is CC.CCN=C1C=CC(=CC=CC=C(c2ccc(N(C)C)cc2)c2ccc(N(C)C)cc2)C=C1. The number of rotatable bonds is 7. The smallest absolute Gasteiger partial charge is 0.0574 e. The summed E-state index contributed by atoms with van der Waals surface area (Å²) in [4.78, 5) is 8.66. The van der Waals surface area contributed by atoms with Crippen molar-refractivity contribution >= 4 is 22.7 Å². The van der Waals surface area contributed by atoms with Crippen LogP contribution in [0.5, 0.6) is 0 Å². The molecule has 1 aliphatic carbocycles. The lowest BCUT2D eigenvalue weighted by atomic mass is 9.96. The molecule has 0 radical (unpaired) electrons. The minimum absolute atomic E-state index is 0.807. The van der Waals surface area contributed by atoms with Gasteiger partial charge in [0, 0.05) is 46.1 Å². The van der Waals surface area contributed by atoms with Crippen LogP contribution < -0.4 is 9.80 Å². The zero-order chi connectivity index (χ0) is 24.9. The van der Waals surface area contributed by atoms with Crippen molar-refractivity contribution in [3.63, 3.8) is 0 Å². The van der Waals surface area contributed by atoms with E-state index in [2.05, 4.69) is 147 Å². The van der Waals surface area contributed by atoms with Crippen molar-refractivity contribution in [3.05, 3.63) is 114 Å². The van der Waals surface area contributed by atoms with Gasteiger partial charge in [0.1, 0.15) is 0 Å². The highest BCUT2D eigenvalue weighted by Gasteiger charge is 2.06. The number of anilines is 2. The van der Waals surface area contributed by atoms with Gasteiger partial charge in [0.25, 0.3) is 0 Å². The van der Waals surface area contributed by atoms with Crippen LogP contribution in [-0.4, -0.2) is 40.4 Å². The Balaban J connectivity index is 0.00000199. The molecule has 3 nitrogen and oxygen atoms in total. The number of hydrogen-bond donors (Lipinski definition) is 0. The van der Waals surface area contributed by atoms with Crippen molar-refractivity contribution in [1.82, 2.24) is 0 Å². The summed E-state index contributed by atoms with van der Waals surface area (Å²) >= 11 is 0. The number of nitrogens with zero attached hydrogens (tertiary/aromatic N) is 3. The summed E-state index contributed by atoms with van der Waals surface area (Å²) in [6.07, 6.45) is 16.8. The summed E-state index contributed by atoms with van der Waals surface area (Å²) in [7, 11) is 8.25. The molecule has 0 amide bonds. The third kappa shape index (κ3) is 7.77. The first-order valence-corrected chi connectivity index (χ1v) is 12.0. The molecule has 0 saturated heterocycles. The Morgan fingerprint density at radius 2 is 1.18 bits per heavy atom. The third-order valence-electron chi connectivity index (χ3n) is 5.29. The zero-order valence-electron chi connectivity index (χ0n) is 21.8. The summed E-state index contributed by atoms with van der Waals surface area (Å²) in [5.74, 6) is 0. The lowest BCUT2D eigenvalue weighted by Crippen LogP contribution is -2.08. The molecule has 2 aromatic carbocycles. The molecular weight excluding hydrogens is 414 g/mol. The number of aliphatic imine (C=N–C) groups is 1. The van der Waals surface area contributed by atoms with E-state index in [0.29, 0.717) is 0 Å². The standard InChI is InChI=1S/C29H33N3.C2H6/c1-6-30-26-17-11-23(12-18-26)9-7-8-10-29(24-13-19-27(20-14-24)31(2)3)25-15-21-28(22-16-25)32(4)5;1-2/h7-22H,6H2,1-5H3;1-2H3. The molecule has 0 spiro atoms. The van der Waals surface area contributed by atoms with Crippen LogP contribution in [0.25, 0.3) is 5.57 Å². The van der Waals surface area contributed by atoms with Gasteiger partial charge < -0.3 is 9.80 Å². The van der Waals surface area contributed by atoms with Crippen LogP contribution in [0.1, 0.15) is 31.9 Å². The Labute approximate surface area is 206 Å². The Kier molecular flexibility index (Phi) is 10.9. The van der Waals surface area contributed by atoms with Crippen molar-refractivity contribution in [2.75, 3.05) is 44.5 Å². The number of hydrogen-bond acceptors (Lipinski definition) is 3. The second kappa shape index (κ2) is 13.8. The zero-order valence-corrected chi connectivity index (χ0v) is 21.8. The fourth-order valence-corrected chi connectivity index (χ4v) is 3.43. The van der Waals surface area contributed by atoms with Crippen LogP contribution in [0.4, 0.5) is 11.4 Å². The predicted octanol–water partition coefficient (Wildman–Crippen LogP) is 7.35. The van der Waals surface area contributed by atoms with Crippen LogP contribution in [0, 0.1) is 0 Å². The summed E-state index contributed by atoms with van der Waals surface area (Å²) in [5, 5.41) is 0. The van der Waals surface area contributed by atoms with Gasteiger partial charge in [-0.15, -0.1) is 0 Å². The Hall–Kier alpha value is -3.59. The van der Waals surface area contributed by atoms with Crippen LogP contribution in [0.2, 0.25) is 0 Å². The highest BCUT2D eigenvalue weighted by atomic mass is 15.1. The van der Waals surface area contributed by atoms with Gasteiger partial charge in [-0.25, -0.2) is 0 Å². The predicted molar refractivity (Wildman–Crippen MR) is 153 cm³/mol. The monoisotopic (exact) mass is 453 g/mol. The van der Waals surface area contributed by atoms with Gasteiger partial charge in [-0.3, -0.25) is 4.99 Å². The summed E-state index contributed by atoms with van der Waals surface area (Å²) in [6, 6.07) is 17.4. The minimum atomic E-state index is 0.807. The van der Waals surface area contributed by atoms with Crippen LogP contribution in [0.15, 0.2) is 108 Å². The first-order chi connectivity index (χ1) is 16.5. The molecule has 0 bridgehead atoms. The van der Waals surface area contributed by atoms with Crippen LogP contribution in [-0.2, 0) is 0 Å². The van der Waals surface area contributed by atoms with E-state index in [9.17, 15) is 0 Å².